The predicted molar refractivity (Wildman–Crippen MR) is 124 cm³/mol. The number of aryl methyl sites for hydroxylation is 1. The quantitative estimate of drug-likeness (QED) is 0.317. The van der Waals surface area contributed by atoms with Gasteiger partial charge in [0.25, 0.3) is 0 Å². The van der Waals surface area contributed by atoms with Crippen LogP contribution in [-0.2, 0) is 5.41 Å². The zero-order valence-electron chi connectivity index (χ0n) is 17.4. The lowest BCUT2D eigenvalue weighted by Crippen LogP contribution is -2.13. The van der Waals surface area contributed by atoms with Crippen LogP contribution < -0.4 is 0 Å². The second kappa shape index (κ2) is 6.38. The van der Waals surface area contributed by atoms with E-state index >= 15 is 0 Å². The van der Waals surface area contributed by atoms with Gasteiger partial charge in [0.2, 0.25) is 0 Å². The summed E-state index contributed by atoms with van der Waals surface area (Å²) in [5, 5.41) is 2.53. The van der Waals surface area contributed by atoms with Crippen molar-refractivity contribution in [1.29, 1.82) is 0 Å². The number of para-hydroxylation sites is 2. The zero-order valence-corrected chi connectivity index (χ0v) is 17.4. The van der Waals surface area contributed by atoms with Crippen molar-refractivity contribution in [3.63, 3.8) is 0 Å². The van der Waals surface area contributed by atoms with Crippen molar-refractivity contribution in [3.8, 4) is 22.3 Å². The molecule has 0 amide bonds. The zero-order chi connectivity index (χ0) is 20.2. The van der Waals surface area contributed by atoms with Gasteiger partial charge in [-0.05, 0) is 46.7 Å². The molecule has 0 unspecified atom stereocenters. The molecule has 0 fully saturated rings. The summed E-state index contributed by atoms with van der Waals surface area (Å²) in [6.45, 7) is 9.13. The smallest absolute Gasteiger partial charge is 0.0460 e. The summed E-state index contributed by atoms with van der Waals surface area (Å²) in [5.41, 5.74) is 10.2. The highest BCUT2D eigenvalue weighted by molar-refractivity contribution is 6.06. The van der Waals surface area contributed by atoms with E-state index in [1.165, 1.54) is 55.2 Å². The average molecular weight is 379 g/mol. The van der Waals surface area contributed by atoms with E-state index in [-0.39, 0.29) is 5.41 Å². The summed E-state index contributed by atoms with van der Waals surface area (Å²) in [7, 11) is 0. The number of fused-ring (bicyclic) bond motifs is 2. The van der Waals surface area contributed by atoms with Crippen LogP contribution in [0.25, 0.3) is 44.1 Å². The van der Waals surface area contributed by atoms with Crippen molar-refractivity contribution in [2.75, 3.05) is 0 Å². The summed E-state index contributed by atoms with van der Waals surface area (Å²) in [4.78, 5) is 6.96. The molecule has 2 nitrogen and oxygen atoms in total. The summed E-state index contributed by atoms with van der Waals surface area (Å²) in [5.74, 6) is 0. The Kier molecular flexibility index (Phi) is 3.92. The first-order chi connectivity index (χ1) is 13.9. The van der Waals surface area contributed by atoms with Gasteiger partial charge in [-0.2, -0.15) is 0 Å². The van der Waals surface area contributed by atoms with Crippen LogP contribution >= 0.6 is 0 Å². The molecular weight excluding hydrogens is 352 g/mol. The molecule has 0 spiro atoms. The molecule has 2 heteroatoms. The molecule has 2 N–H and O–H groups in total. The number of nitrogens with one attached hydrogen (secondary N) is 2. The molecular formula is C27H26N2. The van der Waals surface area contributed by atoms with Crippen LogP contribution in [0.2, 0.25) is 0 Å². The molecule has 144 valence electrons. The van der Waals surface area contributed by atoms with Gasteiger partial charge in [0.1, 0.15) is 0 Å². The third-order valence-corrected chi connectivity index (χ3v) is 5.94. The van der Waals surface area contributed by atoms with Gasteiger partial charge < -0.3 is 9.97 Å². The first-order valence-corrected chi connectivity index (χ1v) is 10.2. The standard InChI is InChI=1S/C27H26N2/c1-17-13-14-22(27(2,3)4)26(21-16-29-24-12-8-6-10-19(21)24)25(17)20-15-28-23-11-7-5-9-18(20)23/h5-16,28-29H,1-4H3. The Bertz CT molecular complexity index is 1340. The van der Waals surface area contributed by atoms with Crippen molar-refractivity contribution >= 4 is 21.8 Å². The van der Waals surface area contributed by atoms with E-state index in [2.05, 4.69) is 111 Å². The van der Waals surface area contributed by atoms with E-state index in [0.29, 0.717) is 0 Å². The summed E-state index contributed by atoms with van der Waals surface area (Å²) < 4.78 is 0. The van der Waals surface area contributed by atoms with Gasteiger partial charge >= 0.3 is 0 Å². The Morgan fingerprint density at radius 2 is 1.14 bits per heavy atom. The van der Waals surface area contributed by atoms with Gasteiger partial charge in [0.15, 0.2) is 0 Å². The fraction of sp³-hybridized carbons (Fsp3) is 0.185. The molecule has 29 heavy (non-hydrogen) atoms. The minimum absolute atomic E-state index is 0.0300. The summed E-state index contributed by atoms with van der Waals surface area (Å²) in [6.07, 6.45) is 4.34. The van der Waals surface area contributed by atoms with Crippen molar-refractivity contribution < 1.29 is 0 Å². The Hall–Kier alpha value is -3.26. The topological polar surface area (TPSA) is 31.6 Å². The Morgan fingerprint density at radius 1 is 0.621 bits per heavy atom. The highest BCUT2D eigenvalue weighted by Crippen LogP contribution is 2.45. The van der Waals surface area contributed by atoms with E-state index in [1.807, 2.05) is 0 Å². The average Bonchev–Trinajstić information content (AvgIpc) is 3.31. The third-order valence-electron chi connectivity index (χ3n) is 5.94. The normalized spacial score (nSPS) is 12.1. The fourth-order valence-electron chi connectivity index (χ4n) is 4.52. The lowest BCUT2D eigenvalue weighted by atomic mass is 9.77. The number of aromatic nitrogens is 2. The molecule has 0 aliphatic carbocycles. The number of rotatable bonds is 2. The van der Waals surface area contributed by atoms with Gasteiger partial charge in [-0.3, -0.25) is 0 Å². The van der Waals surface area contributed by atoms with Crippen molar-refractivity contribution in [2.24, 2.45) is 0 Å². The second-order valence-electron chi connectivity index (χ2n) is 8.93. The first-order valence-electron chi connectivity index (χ1n) is 10.2. The number of aromatic amines is 2. The number of H-pyrrole nitrogens is 2. The fourth-order valence-corrected chi connectivity index (χ4v) is 4.52. The Morgan fingerprint density at radius 3 is 1.69 bits per heavy atom. The predicted octanol–water partition coefficient (Wildman–Crippen LogP) is 7.59. The number of hydrogen-bond donors (Lipinski definition) is 2. The van der Waals surface area contributed by atoms with Crippen LogP contribution in [0.4, 0.5) is 0 Å². The maximum Gasteiger partial charge on any atom is 0.0460 e. The maximum atomic E-state index is 3.49. The molecule has 0 radical (unpaired) electrons. The molecule has 5 rings (SSSR count). The lowest BCUT2D eigenvalue weighted by Gasteiger charge is -2.26. The van der Waals surface area contributed by atoms with Crippen LogP contribution in [0, 0.1) is 6.92 Å². The monoisotopic (exact) mass is 378 g/mol. The third kappa shape index (κ3) is 2.79. The van der Waals surface area contributed by atoms with E-state index < -0.39 is 0 Å². The van der Waals surface area contributed by atoms with Crippen LogP contribution in [0.15, 0.2) is 73.1 Å². The maximum absolute atomic E-state index is 3.49. The molecule has 0 aliphatic rings. The molecule has 5 aromatic rings. The number of hydrogen-bond acceptors (Lipinski definition) is 0. The van der Waals surface area contributed by atoms with Crippen LogP contribution in [-0.4, -0.2) is 9.97 Å². The first kappa shape index (κ1) is 17.8. The largest absolute Gasteiger partial charge is 0.361 e. The van der Waals surface area contributed by atoms with E-state index in [1.54, 1.807) is 0 Å². The number of benzene rings is 3. The van der Waals surface area contributed by atoms with Gasteiger partial charge in [-0.25, -0.2) is 0 Å². The SMILES string of the molecule is Cc1ccc(C(C)(C)C)c(-c2c[nH]c3ccccc23)c1-c1c[nH]c2ccccc12. The molecule has 2 aromatic heterocycles. The van der Waals surface area contributed by atoms with Crippen LogP contribution in [0.1, 0.15) is 31.9 Å². The van der Waals surface area contributed by atoms with E-state index in [9.17, 15) is 0 Å². The van der Waals surface area contributed by atoms with E-state index in [4.69, 9.17) is 0 Å². The minimum atomic E-state index is 0.0300. The molecule has 0 bridgehead atoms. The van der Waals surface area contributed by atoms with Crippen LogP contribution in [0.3, 0.4) is 0 Å². The molecule has 3 aromatic carbocycles. The summed E-state index contributed by atoms with van der Waals surface area (Å²) >= 11 is 0. The van der Waals surface area contributed by atoms with E-state index in [0.717, 1.165) is 0 Å². The second-order valence-corrected chi connectivity index (χ2v) is 8.93. The van der Waals surface area contributed by atoms with Gasteiger partial charge in [0.05, 0.1) is 0 Å². The Balaban J connectivity index is 1.93. The minimum Gasteiger partial charge on any atom is -0.361 e. The summed E-state index contributed by atoms with van der Waals surface area (Å²) in [6, 6.07) is 21.7. The molecule has 0 atom stereocenters. The van der Waals surface area contributed by atoms with Gasteiger partial charge in [-0.1, -0.05) is 69.3 Å². The van der Waals surface area contributed by atoms with Crippen molar-refractivity contribution in [3.05, 3.63) is 84.2 Å². The van der Waals surface area contributed by atoms with Crippen molar-refractivity contribution in [1.82, 2.24) is 9.97 Å². The molecule has 0 saturated heterocycles. The Labute approximate surface area is 171 Å². The van der Waals surface area contributed by atoms with Crippen LogP contribution in [0.5, 0.6) is 0 Å². The van der Waals surface area contributed by atoms with Gasteiger partial charge in [0, 0.05) is 45.3 Å². The molecule has 0 aliphatic heterocycles. The highest BCUT2D eigenvalue weighted by Gasteiger charge is 2.25. The van der Waals surface area contributed by atoms with Gasteiger partial charge in [-0.15, -0.1) is 0 Å². The highest BCUT2D eigenvalue weighted by atomic mass is 14.7. The molecule has 0 saturated carbocycles. The van der Waals surface area contributed by atoms with Crippen molar-refractivity contribution in [2.45, 2.75) is 33.1 Å². The lowest BCUT2D eigenvalue weighted by molar-refractivity contribution is 0.592. The molecule has 2 heterocycles.